The smallest absolute Gasteiger partial charge is 0.390 e. The predicted octanol–water partition coefficient (Wildman–Crippen LogP) is 2.95. The van der Waals surface area contributed by atoms with Crippen molar-refractivity contribution in [1.82, 2.24) is 0 Å². The second-order valence-electron chi connectivity index (χ2n) is 4.44. The Bertz CT molecular complexity index is 594. The predicted molar refractivity (Wildman–Crippen MR) is 76.7 cm³/mol. The van der Waals surface area contributed by atoms with Gasteiger partial charge in [0.15, 0.2) is 0 Å². The van der Waals surface area contributed by atoms with Crippen molar-refractivity contribution in [2.45, 2.75) is 12.7 Å². The number of hydrogen-bond donors (Lipinski definition) is 1. The average Bonchev–Trinajstić information content (AvgIpc) is 2.49. The standard InChI is InChI=1S/C16H16O5/c1-16(15(17)18,20-13-6-4-3-5-7-13)21-14-10-8-12(19-2)9-11-14/h3-11H,1-2H3,(H,17,18). The second-order valence-corrected chi connectivity index (χ2v) is 4.44. The van der Waals surface area contributed by atoms with Gasteiger partial charge in [0.25, 0.3) is 0 Å². The Kier molecular flexibility index (Phi) is 4.33. The van der Waals surface area contributed by atoms with Gasteiger partial charge in [0.05, 0.1) is 7.11 Å². The molecule has 0 amide bonds. The molecule has 1 atom stereocenters. The quantitative estimate of drug-likeness (QED) is 0.828. The van der Waals surface area contributed by atoms with Gasteiger partial charge in [-0.25, -0.2) is 4.79 Å². The van der Waals surface area contributed by atoms with Gasteiger partial charge in [-0.3, -0.25) is 0 Å². The van der Waals surface area contributed by atoms with Crippen LogP contribution in [0.25, 0.3) is 0 Å². The molecular formula is C16H16O5. The third kappa shape index (κ3) is 3.66. The molecule has 0 heterocycles. The lowest BCUT2D eigenvalue weighted by Gasteiger charge is -2.27. The molecule has 0 aliphatic heterocycles. The van der Waals surface area contributed by atoms with Crippen LogP contribution < -0.4 is 14.2 Å². The number of para-hydroxylation sites is 1. The molecule has 2 aromatic carbocycles. The lowest BCUT2D eigenvalue weighted by Crippen LogP contribution is -2.47. The van der Waals surface area contributed by atoms with Crippen LogP contribution in [-0.4, -0.2) is 24.0 Å². The molecule has 110 valence electrons. The van der Waals surface area contributed by atoms with Gasteiger partial charge in [-0.2, -0.15) is 0 Å². The van der Waals surface area contributed by atoms with Crippen molar-refractivity contribution in [3.8, 4) is 17.2 Å². The van der Waals surface area contributed by atoms with Crippen molar-refractivity contribution in [2.75, 3.05) is 7.11 Å². The largest absolute Gasteiger partial charge is 0.497 e. The Morgan fingerprint density at radius 1 is 0.905 bits per heavy atom. The molecule has 0 spiro atoms. The number of carboxylic acid groups (broad SMARTS) is 1. The fraction of sp³-hybridized carbons (Fsp3) is 0.188. The minimum atomic E-state index is -1.82. The van der Waals surface area contributed by atoms with E-state index in [-0.39, 0.29) is 0 Å². The maximum Gasteiger partial charge on any atom is 0.390 e. The Hall–Kier alpha value is -2.69. The van der Waals surface area contributed by atoms with E-state index >= 15 is 0 Å². The molecular weight excluding hydrogens is 272 g/mol. The first-order chi connectivity index (χ1) is 10.0. The van der Waals surface area contributed by atoms with Gasteiger partial charge in [-0.1, -0.05) is 18.2 Å². The molecule has 0 bridgehead atoms. The summed E-state index contributed by atoms with van der Waals surface area (Å²) in [5, 5.41) is 9.38. The summed E-state index contributed by atoms with van der Waals surface area (Å²) in [4.78, 5) is 11.5. The van der Waals surface area contributed by atoms with Crippen LogP contribution in [-0.2, 0) is 4.79 Å². The number of ether oxygens (including phenoxy) is 3. The molecule has 0 fully saturated rings. The van der Waals surface area contributed by atoms with Crippen LogP contribution in [0.3, 0.4) is 0 Å². The normalized spacial score (nSPS) is 13.0. The van der Waals surface area contributed by atoms with Crippen LogP contribution in [0.1, 0.15) is 6.92 Å². The van der Waals surface area contributed by atoms with Crippen molar-refractivity contribution in [3.05, 3.63) is 54.6 Å². The summed E-state index contributed by atoms with van der Waals surface area (Å²) in [5.74, 6) is -1.60. The van der Waals surface area contributed by atoms with Gasteiger partial charge in [0.2, 0.25) is 0 Å². The molecule has 0 aliphatic rings. The van der Waals surface area contributed by atoms with Crippen molar-refractivity contribution in [1.29, 1.82) is 0 Å². The third-order valence-electron chi connectivity index (χ3n) is 2.82. The van der Waals surface area contributed by atoms with E-state index in [1.54, 1.807) is 55.6 Å². The first-order valence-electron chi connectivity index (χ1n) is 6.34. The number of benzene rings is 2. The first kappa shape index (κ1) is 14.7. The van der Waals surface area contributed by atoms with E-state index < -0.39 is 11.8 Å². The highest BCUT2D eigenvalue weighted by Crippen LogP contribution is 2.25. The maximum atomic E-state index is 11.5. The number of carbonyl (C=O) groups is 1. The average molecular weight is 288 g/mol. The minimum absolute atomic E-state index is 0.372. The third-order valence-corrected chi connectivity index (χ3v) is 2.82. The van der Waals surface area contributed by atoms with Crippen LogP contribution in [0.4, 0.5) is 0 Å². The Labute approximate surface area is 122 Å². The summed E-state index contributed by atoms with van der Waals surface area (Å²) in [6, 6.07) is 15.3. The van der Waals surface area contributed by atoms with E-state index in [1.165, 1.54) is 6.92 Å². The number of aliphatic carboxylic acids is 1. The Morgan fingerprint density at radius 2 is 1.38 bits per heavy atom. The lowest BCUT2D eigenvalue weighted by molar-refractivity contribution is -0.181. The zero-order valence-electron chi connectivity index (χ0n) is 11.8. The number of hydrogen-bond acceptors (Lipinski definition) is 4. The van der Waals surface area contributed by atoms with Crippen LogP contribution in [0, 0.1) is 0 Å². The highest BCUT2D eigenvalue weighted by atomic mass is 16.7. The summed E-state index contributed by atoms with van der Waals surface area (Å²) < 4.78 is 16.0. The van der Waals surface area contributed by atoms with Crippen LogP contribution >= 0.6 is 0 Å². The van der Waals surface area contributed by atoms with Crippen LogP contribution in [0.15, 0.2) is 54.6 Å². The highest BCUT2D eigenvalue weighted by molar-refractivity contribution is 5.76. The summed E-state index contributed by atoms with van der Waals surface area (Å²) in [6.45, 7) is 1.35. The van der Waals surface area contributed by atoms with Gasteiger partial charge >= 0.3 is 11.8 Å². The zero-order valence-corrected chi connectivity index (χ0v) is 11.8. The molecule has 21 heavy (non-hydrogen) atoms. The zero-order chi connectivity index (χ0) is 15.3. The molecule has 1 unspecified atom stereocenters. The van der Waals surface area contributed by atoms with Crippen LogP contribution in [0.2, 0.25) is 0 Å². The number of methoxy groups -OCH3 is 1. The van der Waals surface area contributed by atoms with Gasteiger partial charge in [0.1, 0.15) is 17.2 Å². The van der Waals surface area contributed by atoms with Gasteiger partial charge in [-0.15, -0.1) is 0 Å². The van der Waals surface area contributed by atoms with E-state index in [2.05, 4.69) is 0 Å². The molecule has 0 saturated heterocycles. The summed E-state index contributed by atoms with van der Waals surface area (Å²) in [7, 11) is 1.55. The first-order valence-corrected chi connectivity index (χ1v) is 6.34. The monoisotopic (exact) mass is 288 g/mol. The van der Waals surface area contributed by atoms with E-state index in [4.69, 9.17) is 14.2 Å². The highest BCUT2D eigenvalue weighted by Gasteiger charge is 2.38. The topological polar surface area (TPSA) is 65.0 Å². The molecule has 0 radical (unpaired) electrons. The SMILES string of the molecule is COc1ccc(OC(C)(Oc2ccccc2)C(=O)O)cc1. The van der Waals surface area contributed by atoms with Gasteiger partial charge in [-0.05, 0) is 36.4 Å². The molecule has 5 nitrogen and oxygen atoms in total. The number of carboxylic acids is 1. The molecule has 1 N–H and O–H groups in total. The fourth-order valence-corrected chi connectivity index (χ4v) is 1.69. The van der Waals surface area contributed by atoms with Crippen LogP contribution in [0.5, 0.6) is 17.2 Å². The van der Waals surface area contributed by atoms with E-state index in [9.17, 15) is 9.90 Å². The second kappa shape index (κ2) is 6.17. The molecule has 2 rings (SSSR count). The Morgan fingerprint density at radius 3 is 1.86 bits per heavy atom. The molecule has 0 aromatic heterocycles. The van der Waals surface area contributed by atoms with E-state index in [0.717, 1.165) is 0 Å². The summed E-state index contributed by atoms with van der Waals surface area (Å²) in [6.07, 6.45) is 0. The Balaban J connectivity index is 2.19. The molecule has 0 saturated carbocycles. The summed E-state index contributed by atoms with van der Waals surface area (Å²) in [5.41, 5.74) is 0. The summed E-state index contributed by atoms with van der Waals surface area (Å²) >= 11 is 0. The molecule has 2 aromatic rings. The van der Waals surface area contributed by atoms with E-state index in [0.29, 0.717) is 17.2 Å². The van der Waals surface area contributed by atoms with Crippen molar-refractivity contribution >= 4 is 5.97 Å². The number of rotatable bonds is 6. The van der Waals surface area contributed by atoms with Crippen molar-refractivity contribution in [2.24, 2.45) is 0 Å². The van der Waals surface area contributed by atoms with Gasteiger partial charge in [0, 0.05) is 6.92 Å². The maximum absolute atomic E-state index is 11.5. The van der Waals surface area contributed by atoms with Crippen molar-refractivity contribution in [3.63, 3.8) is 0 Å². The molecule has 5 heteroatoms. The lowest BCUT2D eigenvalue weighted by atomic mass is 10.2. The molecule has 0 aliphatic carbocycles. The minimum Gasteiger partial charge on any atom is -0.497 e. The van der Waals surface area contributed by atoms with Crippen molar-refractivity contribution < 1.29 is 24.1 Å². The van der Waals surface area contributed by atoms with E-state index in [1.807, 2.05) is 6.07 Å². The van der Waals surface area contributed by atoms with Gasteiger partial charge < -0.3 is 19.3 Å². The fourth-order valence-electron chi connectivity index (χ4n) is 1.69.